The molecule has 0 bridgehead atoms. The number of amides is 1. The van der Waals surface area contributed by atoms with Crippen LogP contribution in [0.15, 0.2) is 30.6 Å². The van der Waals surface area contributed by atoms with Crippen LogP contribution in [0.2, 0.25) is 0 Å². The van der Waals surface area contributed by atoms with Gasteiger partial charge in [-0.15, -0.1) is 11.3 Å². The molecule has 0 radical (unpaired) electrons. The van der Waals surface area contributed by atoms with Gasteiger partial charge in [0.15, 0.2) is 5.13 Å². The van der Waals surface area contributed by atoms with E-state index in [9.17, 15) is 4.79 Å². The summed E-state index contributed by atoms with van der Waals surface area (Å²) in [5.41, 5.74) is 2.45. The minimum Gasteiger partial charge on any atom is -0.395 e. The van der Waals surface area contributed by atoms with Gasteiger partial charge in [0.05, 0.1) is 33.5 Å². The number of aromatic amines is 1. The summed E-state index contributed by atoms with van der Waals surface area (Å²) in [6.07, 6.45) is 1.62. The molecule has 0 spiro atoms. The summed E-state index contributed by atoms with van der Waals surface area (Å²) in [6.45, 7) is 0.520. The molecule has 0 unspecified atom stereocenters. The first kappa shape index (κ1) is 15.1. The zero-order chi connectivity index (χ0) is 16.5. The van der Waals surface area contributed by atoms with E-state index >= 15 is 0 Å². The number of anilines is 2. The Hall–Kier alpha value is -2.49. The summed E-state index contributed by atoms with van der Waals surface area (Å²) in [6, 6.07) is 7.37. The van der Waals surface area contributed by atoms with Gasteiger partial charge >= 0.3 is 0 Å². The largest absolute Gasteiger partial charge is 0.395 e. The van der Waals surface area contributed by atoms with Crippen molar-refractivity contribution in [1.82, 2.24) is 15.0 Å². The second-order valence-corrected chi connectivity index (χ2v) is 7.10. The van der Waals surface area contributed by atoms with E-state index < -0.39 is 0 Å². The molecule has 0 aliphatic rings. The van der Waals surface area contributed by atoms with Crippen molar-refractivity contribution in [2.75, 3.05) is 23.8 Å². The molecule has 4 rings (SSSR count). The van der Waals surface area contributed by atoms with Crippen LogP contribution in [0.25, 0.3) is 20.6 Å². The van der Waals surface area contributed by atoms with Crippen LogP contribution < -0.4 is 10.6 Å². The van der Waals surface area contributed by atoms with Gasteiger partial charge in [-0.2, -0.15) is 0 Å². The fourth-order valence-electron chi connectivity index (χ4n) is 2.29. The van der Waals surface area contributed by atoms with Crippen LogP contribution in [0.5, 0.6) is 0 Å². The van der Waals surface area contributed by atoms with Crippen molar-refractivity contribution in [2.45, 2.75) is 0 Å². The first-order chi connectivity index (χ1) is 11.7. The van der Waals surface area contributed by atoms with Crippen LogP contribution in [0, 0.1) is 0 Å². The quantitative estimate of drug-likeness (QED) is 0.439. The Kier molecular flexibility index (Phi) is 3.89. The molecule has 0 aliphatic heterocycles. The van der Waals surface area contributed by atoms with Crippen LogP contribution in [0.4, 0.5) is 10.8 Å². The molecule has 1 amide bonds. The summed E-state index contributed by atoms with van der Waals surface area (Å²) >= 11 is 2.82. The number of nitrogens with zero attached hydrogens (tertiary/aromatic N) is 2. The molecular formula is C15H13N5O2S2. The number of aliphatic hydroxyl groups is 1. The van der Waals surface area contributed by atoms with Gasteiger partial charge in [-0.05, 0) is 24.3 Å². The van der Waals surface area contributed by atoms with Gasteiger partial charge in [0.2, 0.25) is 0 Å². The Balaban J connectivity index is 1.52. The van der Waals surface area contributed by atoms with Gasteiger partial charge in [-0.25, -0.2) is 9.97 Å². The van der Waals surface area contributed by atoms with Crippen LogP contribution in [-0.2, 0) is 0 Å². The SMILES string of the molecule is O=C(Nc1ccc2nc[nH]c2c1)c1cc2sc(NCCO)nc2s1. The van der Waals surface area contributed by atoms with Crippen molar-refractivity contribution >= 4 is 60.0 Å². The number of carbonyl (C=O) groups excluding carboxylic acids is 1. The molecule has 0 aliphatic carbocycles. The van der Waals surface area contributed by atoms with E-state index in [1.54, 1.807) is 6.33 Å². The average Bonchev–Trinajstić information content (AvgIpc) is 3.26. The highest BCUT2D eigenvalue weighted by atomic mass is 32.1. The molecule has 1 aromatic carbocycles. The summed E-state index contributed by atoms with van der Waals surface area (Å²) in [5.74, 6) is -0.158. The predicted octanol–water partition coefficient (Wildman–Crippen LogP) is 2.89. The Morgan fingerprint density at radius 1 is 1.29 bits per heavy atom. The van der Waals surface area contributed by atoms with Crippen molar-refractivity contribution in [1.29, 1.82) is 0 Å². The topological polar surface area (TPSA) is 103 Å². The third kappa shape index (κ3) is 2.84. The summed E-state index contributed by atoms with van der Waals surface area (Å²) in [5, 5.41) is 15.5. The lowest BCUT2D eigenvalue weighted by atomic mass is 10.2. The second kappa shape index (κ2) is 6.19. The Labute approximate surface area is 144 Å². The molecule has 0 fully saturated rings. The molecule has 0 saturated carbocycles. The van der Waals surface area contributed by atoms with Gasteiger partial charge in [0.25, 0.3) is 5.91 Å². The van der Waals surface area contributed by atoms with E-state index in [-0.39, 0.29) is 12.5 Å². The molecule has 0 atom stereocenters. The van der Waals surface area contributed by atoms with Crippen LogP contribution in [0.1, 0.15) is 9.67 Å². The number of thiazole rings is 1. The Morgan fingerprint density at radius 3 is 3.04 bits per heavy atom. The number of thiophene rings is 1. The number of nitrogens with one attached hydrogen (secondary N) is 3. The monoisotopic (exact) mass is 359 g/mol. The van der Waals surface area contributed by atoms with Crippen molar-refractivity contribution in [3.8, 4) is 0 Å². The van der Waals surface area contributed by atoms with Gasteiger partial charge in [-0.1, -0.05) is 11.3 Å². The summed E-state index contributed by atoms with van der Waals surface area (Å²) in [7, 11) is 0. The number of H-pyrrole nitrogens is 1. The molecule has 24 heavy (non-hydrogen) atoms. The van der Waals surface area contributed by atoms with E-state index in [0.717, 1.165) is 25.7 Å². The average molecular weight is 359 g/mol. The highest BCUT2D eigenvalue weighted by Gasteiger charge is 2.14. The lowest BCUT2D eigenvalue weighted by molar-refractivity contribution is 0.103. The molecule has 0 saturated heterocycles. The molecule has 9 heteroatoms. The fraction of sp³-hybridized carbons (Fsp3) is 0.133. The number of aromatic nitrogens is 3. The maximum atomic E-state index is 12.4. The number of fused-ring (bicyclic) bond motifs is 2. The summed E-state index contributed by atoms with van der Waals surface area (Å²) in [4.78, 5) is 25.4. The van der Waals surface area contributed by atoms with Crippen molar-refractivity contribution in [3.05, 3.63) is 35.5 Å². The number of rotatable bonds is 5. The zero-order valence-electron chi connectivity index (χ0n) is 12.4. The normalized spacial score (nSPS) is 11.2. The maximum absolute atomic E-state index is 12.4. The van der Waals surface area contributed by atoms with Crippen LogP contribution in [-0.4, -0.2) is 39.1 Å². The Bertz CT molecular complexity index is 988. The molecule has 3 aromatic heterocycles. The molecular weight excluding hydrogens is 346 g/mol. The fourth-order valence-corrected chi connectivity index (χ4v) is 4.33. The number of benzene rings is 1. The van der Waals surface area contributed by atoms with E-state index in [1.165, 1.54) is 22.7 Å². The zero-order valence-corrected chi connectivity index (χ0v) is 14.0. The maximum Gasteiger partial charge on any atom is 0.265 e. The Morgan fingerprint density at radius 2 is 2.21 bits per heavy atom. The molecule has 7 nitrogen and oxygen atoms in total. The molecule has 4 N–H and O–H groups in total. The third-order valence-corrected chi connectivity index (χ3v) is 5.50. The van der Waals surface area contributed by atoms with Crippen molar-refractivity contribution in [2.24, 2.45) is 0 Å². The minimum atomic E-state index is -0.158. The first-order valence-electron chi connectivity index (χ1n) is 7.22. The highest BCUT2D eigenvalue weighted by molar-refractivity contribution is 7.29. The van der Waals surface area contributed by atoms with Gasteiger partial charge in [-0.3, -0.25) is 4.79 Å². The third-order valence-electron chi connectivity index (χ3n) is 3.38. The van der Waals surface area contributed by atoms with Crippen LogP contribution in [0.3, 0.4) is 0 Å². The lowest BCUT2D eigenvalue weighted by Gasteiger charge is -2.03. The molecule has 4 aromatic rings. The van der Waals surface area contributed by atoms with E-state index in [4.69, 9.17) is 5.11 Å². The summed E-state index contributed by atoms with van der Waals surface area (Å²) < 4.78 is 0.953. The van der Waals surface area contributed by atoms with E-state index in [1.807, 2.05) is 24.3 Å². The van der Waals surface area contributed by atoms with Crippen LogP contribution >= 0.6 is 22.7 Å². The van der Waals surface area contributed by atoms with E-state index in [2.05, 4.69) is 25.6 Å². The number of hydrogen-bond acceptors (Lipinski definition) is 7. The van der Waals surface area contributed by atoms with Gasteiger partial charge in [0, 0.05) is 12.2 Å². The molecule has 3 heterocycles. The number of hydrogen-bond donors (Lipinski definition) is 4. The second-order valence-electron chi connectivity index (χ2n) is 5.04. The number of carbonyl (C=O) groups is 1. The van der Waals surface area contributed by atoms with Gasteiger partial charge in [0.1, 0.15) is 4.83 Å². The number of aliphatic hydroxyl groups excluding tert-OH is 1. The van der Waals surface area contributed by atoms with Crippen molar-refractivity contribution < 1.29 is 9.90 Å². The highest BCUT2D eigenvalue weighted by Crippen LogP contribution is 2.33. The standard InChI is InChI=1S/C15H13N5O2S2/c21-4-3-16-15-20-14-12(24-15)6-11(23-14)13(22)19-8-1-2-9-10(5-8)18-7-17-9/h1-2,5-7,21H,3-4H2,(H,16,20)(H,17,18)(H,19,22). The molecule has 122 valence electrons. The predicted molar refractivity (Wildman–Crippen MR) is 97.1 cm³/mol. The van der Waals surface area contributed by atoms with Gasteiger partial charge < -0.3 is 20.7 Å². The lowest BCUT2D eigenvalue weighted by Crippen LogP contribution is -2.09. The minimum absolute atomic E-state index is 0.0571. The first-order valence-corrected chi connectivity index (χ1v) is 8.86. The van der Waals surface area contributed by atoms with E-state index in [0.29, 0.717) is 17.1 Å². The number of imidazole rings is 1. The van der Waals surface area contributed by atoms with Crippen molar-refractivity contribution in [3.63, 3.8) is 0 Å². The smallest absolute Gasteiger partial charge is 0.265 e.